The second-order valence-corrected chi connectivity index (χ2v) is 9.46. The van der Waals surface area contributed by atoms with Gasteiger partial charge in [0.15, 0.2) is 0 Å². The van der Waals surface area contributed by atoms with Gasteiger partial charge < -0.3 is 10.2 Å². The predicted octanol–water partition coefficient (Wildman–Crippen LogP) is 3.73. The van der Waals surface area contributed by atoms with E-state index in [0.29, 0.717) is 16.7 Å². The van der Waals surface area contributed by atoms with Crippen molar-refractivity contribution in [2.24, 2.45) is 4.99 Å². The molecule has 1 saturated heterocycles. The summed E-state index contributed by atoms with van der Waals surface area (Å²) in [5.41, 5.74) is 2.64. The van der Waals surface area contributed by atoms with E-state index < -0.39 is 12.0 Å². The van der Waals surface area contributed by atoms with Crippen LogP contribution in [0.15, 0.2) is 89.9 Å². The highest BCUT2D eigenvalue weighted by molar-refractivity contribution is 6.30. The number of anilines is 1. The van der Waals surface area contributed by atoms with Crippen LogP contribution >= 0.6 is 11.6 Å². The Bertz CT molecular complexity index is 1230. The molecule has 0 unspecified atom stereocenters. The van der Waals surface area contributed by atoms with Gasteiger partial charge in [-0.15, -0.1) is 0 Å². The zero-order chi connectivity index (χ0) is 24.9. The Morgan fingerprint density at radius 1 is 0.944 bits per heavy atom. The lowest BCUT2D eigenvalue weighted by Crippen LogP contribution is -2.51. The number of guanidine groups is 1. The lowest BCUT2D eigenvalue weighted by atomic mass is 9.90. The van der Waals surface area contributed by atoms with Crippen LogP contribution in [0.25, 0.3) is 0 Å². The lowest BCUT2D eigenvalue weighted by molar-refractivity contribution is -0.125. The quantitative estimate of drug-likeness (QED) is 0.539. The number of amides is 2. The minimum absolute atomic E-state index is 0.267. The van der Waals surface area contributed by atoms with Crippen LogP contribution in [-0.2, 0) is 16.1 Å². The van der Waals surface area contributed by atoms with Crippen molar-refractivity contribution in [2.45, 2.75) is 18.5 Å². The Balaban J connectivity index is 1.30. The van der Waals surface area contributed by atoms with E-state index in [1.807, 2.05) is 36.4 Å². The summed E-state index contributed by atoms with van der Waals surface area (Å²) in [7, 11) is 0. The van der Waals surface area contributed by atoms with E-state index in [1.165, 1.54) is 5.56 Å². The van der Waals surface area contributed by atoms with Gasteiger partial charge in [-0.3, -0.25) is 19.8 Å². The molecule has 7 nitrogen and oxygen atoms in total. The number of nitrogens with one attached hydrogen (secondary N) is 2. The summed E-state index contributed by atoms with van der Waals surface area (Å²) in [6, 6.07) is 25.8. The van der Waals surface area contributed by atoms with Crippen LogP contribution < -0.4 is 10.6 Å². The van der Waals surface area contributed by atoms with Gasteiger partial charge in [0, 0.05) is 43.4 Å². The van der Waals surface area contributed by atoms with Crippen LogP contribution in [0.5, 0.6) is 0 Å². The second-order valence-electron chi connectivity index (χ2n) is 9.02. The summed E-state index contributed by atoms with van der Waals surface area (Å²) in [6.07, 6.45) is 0. The van der Waals surface area contributed by atoms with Gasteiger partial charge in [0.05, 0.1) is 5.92 Å². The molecule has 0 aromatic heterocycles. The third-order valence-electron chi connectivity index (χ3n) is 6.55. The number of carbonyl (C=O) groups is 2. The largest absolute Gasteiger partial charge is 0.340 e. The molecule has 3 aromatic carbocycles. The standard InChI is InChI=1S/C28H28ClN5O2/c29-22-11-13-23(14-12-22)30-26(35)24(21-9-5-2-6-10-21)25-27(36)32-28(31-25)34-17-15-33(16-18-34)19-20-7-3-1-4-8-20/h1-14,24-25H,15-19H2,(H,30,35)(H,31,32,36)/t24-,25-/m0/s1. The van der Waals surface area contributed by atoms with Crippen molar-refractivity contribution in [3.05, 3.63) is 101 Å². The fourth-order valence-corrected chi connectivity index (χ4v) is 4.77. The number of carbonyl (C=O) groups excluding carboxylic acids is 2. The number of halogens is 1. The summed E-state index contributed by atoms with van der Waals surface area (Å²) in [6.45, 7) is 4.15. The average molecular weight is 502 g/mol. The Morgan fingerprint density at radius 2 is 1.58 bits per heavy atom. The summed E-state index contributed by atoms with van der Waals surface area (Å²) in [5.74, 6) is -0.776. The Morgan fingerprint density at radius 3 is 2.25 bits per heavy atom. The molecule has 8 heteroatoms. The van der Waals surface area contributed by atoms with Crippen LogP contribution in [-0.4, -0.2) is 59.8 Å². The van der Waals surface area contributed by atoms with E-state index in [1.54, 1.807) is 24.3 Å². The minimum Gasteiger partial charge on any atom is -0.340 e. The first-order valence-electron chi connectivity index (χ1n) is 12.1. The van der Waals surface area contributed by atoms with Crippen LogP contribution in [0.2, 0.25) is 5.02 Å². The highest BCUT2D eigenvalue weighted by Gasteiger charge is 2.40. The first-order chi connectivity index (χ1) is 17.6. The van der Waals surface area contributed by atoms with Crippen LogP contribution in [0, 0.1) is 0 Å². The van der Waals surface area contributed by atoms with Crippen molar-refractivity contribution in [3.8, 4) is 0 Å². The van der Waals surface area contributed by atoms with E-state index in [0.717, 1.165) is 38.3 Å². The van der Waals surface area contributed by atoms with Gasteiger partial charge in [-0.1, -0.05) is 72.3 Å². The third kappa shape index (κ3) is 5.58. The fraction of sp³-hybridized carbons (Fsp3) is 0.250. The lowest BCUT2D eigenvalue weighted by Gasteiger charge is -2.35. The van der Waals surface area contributed by atoms with Crippen molar-refractivity contribution in [3.63, 3.8) is 0 Å². The van der Waals surface area contributed by atoms with E-state index >= 15 is 0 Å². The maximum absolute atomic E-state index is 13.4. The predicted molar refractivity (Wildman–Crippen MR) is 142 cm³/mol. The van der Waals surface area contributed by atoms with E-state index in [-0.39, 0.29) is 11.8 Å². The number of hydrogen-bond acceptors (Lipinski definition) is 5. The molecule has 2 N–H and O–H groups in total. The van der Waals surface area contributed by atoms with Crippen molar-refractivity contribution >= 4 is 35.1 Å². The third-order valence-corrected chi connectivity index (χ3v) is 6.81. The average Bonchev–Trinajstić information content (AvgIpc) is 3.28. The molecule has 2 heterocycles. The van der Waals surface area contributed by atoms with Crippen molar-refractivity contribution in [1.29, 1.82) is 0 Å². The van der Waals surface area contributed by atoms with Gasteiger partial charge >= 0.3 is 0 Å². The van der Waals surface area contributed by atoms with Crippen molar-refractivity contribution in [1.82, 2.24) is 15.1 Å². The normalized spacial score (nSPS) is 18.9. The molecule has 2 aliphatic rings. The van der Waals surface area contributed by atoms with Crippen molar-refractivity contribution < 1.29 is 9.59 Å². The Labute approximate surface area is 215 Å². The molecule has 2 aliphatic heterocycles. The van der Waals surface area contributed by atoms with Crippen molar-refractivity contribution in [2.75, 3.05) is 31.5 Å². The van der Waals surface area contributed by atoms with Gasteiger partial charge in [-0.25, -0.2) is 4.99 Å². The monoisotopic (exact) mass is 501 g/mol. The molecule has 0 radical (unpaired) electrons. The molecule has 0 bridgehead atoms. The zero-order valence-electron chi connectivity index (χ0n) is 19.8. The Kier molecular flexibility index (Phi) is 7.30. The molecule has 0 saturated carbocycles. The molecule has 5 rings (SSSR count). The summed E-state index contributed by atoms with van der Waals surface area (Å²) >= 11 is 5.98. The highest BCUT2D eigenvalue weighted by atomic mass is 35.5. The first-order valence-corrected chi connectivity index (χ1v) is 12.5. The van der Waals surface area contributed by atoms with Gasteiger partial charge in [0.1, 0.15) is 6.04 Å². The molecule has 184 valence electrons. The number of nitrogens with zero attached hydrogens (tertiary/aromatic N) is 3. The van der Waals surface area contributed by atoms with Crippen LogP contribution in [0.1, 0.15) is 17.0 Å². The summed E-state index contributed by atoms with van der Waals surface area (Å²) in [4.78, 5) is 35.7. The molecule has 0 aliphatic carbocycles. The molecule has 2 amide bonds. The molecule has 2 atom stereocenters. The number of aliphatic imine (C=N–C) groups is 1. The second kappa shape index (κ2) is 10.9. The summed E-state index contributed by atoms with van der Waals surface area (Å²) < 4.78 is 0. The molecule has 3 aromatic rings. The SMILES string of the molecule is O=C1NC(N2CCN(Cc3ccccc3)CC2)=N[C@H]1[C@@H](C(=O)Nc1ccc(Cl)cc1)c1ccccc1. The van der Waals surface area contributed by atoms with Crippen LogP contribution in [0.4, 0.5) is 5.69 Å². The zero-order valence-corrected chi connectivity index (χ0v) is 20.6. The van der Waals surface area contributed by atoms with Gasteiger partial charge in [0.25, 0.3) is 5.91 Å². The molecule has 36 heavy (non-hydrogen) atoms. The maximum atomic E-state index is 13.4. The van der Waals surface area contributed by atoms with E-state index in [4.69, 9.17) is 16.6 Å². The minimum atomic E-state index is -0.850. The van der Waals surface area contributed by atoms with Gasteiger partial charge in [-0.2, -0.15) is 0 Å². The topological polar surface area (TPSA) is 77.0 Å². The molecular formula is C28H28ClN5O2. The number of hydrogen-bond donors (Lipinski definition) is 2. The van der Waals surface area contributed by atoms with E-state index in [9.17, 15) is 9.59 Å². The first kappa shape index (κ1) is 24.0. The molecular weight excluding hydrogens is 474 g/mol. The number of rotatable bonds is 6. The molecule has 0 spiro atoms. The Hall–Kier alpha value is -3.68. The smallest absolute Gasteiger partial charge is 0.252 e. The number of piperazine rings is 1. The van der Waals surface area contributed by atoms with Crippen LogP contribution in [0.3, 0.4) is 0 Å². The van der Waals surface area contributed by atoms with Gasteiger partial charge in [-0.05, 0) is 35.4 Å². The van der Waals surface area contributed by atoms with Gasteiger partial charge in [0.2, 0.25) is 11.9 Å². The molecule has 1 fully saturated rings. The highest BCUT2D eigenvalue weighted by Crippen LogP contribution is 2.27. The fourth-order valence-electron chi connectivity index (χ4n) is 4.64. The summed E-state index contributed by atoms with van der Waals surface area (Å²) in [5, 5.41) is 6.44. The maximum Gasteiger partial charge on any atom is 0.252 e. The number of benzene rings is 3. The van der Waals surface area contributed by atoms with E-state index in [2.05, 4.69) is 44.7 Å².